The van der Waals surface area contributed by atoms with E-state index in [1.165, 1.54) is 199 Å². The number of carbonyl (C=O) groups is 1. The molecule has 0 fully saturated rings. The van der Waals surface area contributed by atoms with Crippen LogP contribution in [0, 0.1) is 0 Å². The van der Waals surface area contributed by atoms with E-state index in [-0.39, 0.29) is 19.1 Å². The van der Waals surface area contributed by atoms with E-state index < -0.39 is 20.0 Å². The molecule has 0 heterocycles. The van der Waals surface area contributed by atoms with Gasteiger partial charge < -0.3 is 19.8 Å². The van der Waals surface area contributed by atoms with E-state index in [0.29, 0.717) is 17.4 Å². The van der Waals surface area contributed by atoms with Gasteiger partial charge in [-0.2, -0.15) is 0 Å². The number of aliphatic hydroxyl groups is 1. The molecule has 0 rings (SSSR count). The number of aliphatic hydroxyl groups excluding tert-OH is 1. The number of phosphoric ester groups is 1. The highest BCUT2D eigenvalue weighted by molar-refractivity contribution is 7.47. The molecule has 0 saturated carbocycles. The van der Waals surface area contributed by atoms with E-state index >= 15 is 0 Å². The third-order valence-corrected chi connectivity index (χ3v) is 13.7. The van der Waals surface area contributed by atoms with Crippen molar-refractivity contribution in [3.8, 4) is 0 Å². The summed E-state index contributed by atoms with van der Waals surface area (Å²) in [5.41, 5.74) is 0. The number of likely N-dealkylation sites (N-methyl/N-ethyl adjacent to an activating group) is 1. The zero-order chi connectivity index (χ0) is 49.2. The molecule has 0 aliphatic carbocycles. The van der Waals surface area contributed by atoms with Gasteiger partial charge in [0.2, 0.25) is 5.91 Å². The highest BCUT2D eigenvalue weighted by atomic mass is 31.2. The SMILES string of the molecule is CCCCCCCCCCCC/C=C\CCCCCCCCCC(=O)NC(COP(=O)(O)OCC[N+](C)(C)C)C(O)/C=C/CC/C=C/CC/C=C/CCCCCCCCCCCCCCCC. The van der Waals surface area contributed by atoms with E-state index in [1.807, 2.05) is 27.2 Å². The quantitative estimate of drug-likeness (QED) is 0.0243. The monoisotopic (exact) mass is 964 g/mol. The summed E-state index contributed by atoms with van der Waals surface area (Å²) in [6.45, 7) is 4.81. The maximum Gasteiger partial charge on any atom is 0.472 e. The topological polar surface area (TPSA) is 105 Å². The van der Waals surface area contributed by atoms with Crippen LogP contribution in [0.15, 0.2) is 48.6 Å². The number of quaternary nitrogens is 1. The van der Waals surface area contributed by atoms with Crippen LogP contribution in [-0.2, 0) is 18.4 Å². The van der Waals surface area contributed by atoms with Crippen molar-refractivity contribution in [1.29, 1.82) is 0 Å². The van der Waals surface area contributed by atoms with Crippen LogP contribution in [0.4, 0.5) is 0 Å². The zero-order valence-corrected chi connectivity index (χ0v) is 45.8. The van der Waals surface area contributed by atoms with Gasteiger partial charge in [0.05, 0.1) is 39.9 Å². The summed E-state index contributed by atoms with van der Waals surface area (Å²) >= 11 is 0. The lowest BCUT2D eigenvalue weighted by Gasteiger charge is -2.25. The molecule has 0 aromatic rings. The van der Waals surface area contributed by atoms with Crippen LogP contribution in [0.3, 0.4) is 0 Å². The molecule has 0 spiro atoms. The standard InChI is InChI=1S/C58H111N2O6P/c1-6-8-10-12-14-16-18-20-22-24-26-28-29-30-32-33-35-37-39-41-43-45-47-49-51-57(61)56(55-66-67(63,64)65-54-53-60(3,4)5)59-58(62)52-50-48-46-44-42-40-38-36-34-31-27-25-23-21-19-17-15-13-11-9-7-2/h31,33-35,41,43,49,51,56-57,61H,6-30,32,36-40,42,44-48,50,52-55H2,1-5H3,(H-,59,62,63,64)/p+1/b34-31-,35-33+,43-41+,51-49+. The lowest BCUT2D eigenvalue weighted by Crippen LogP contribution is -2.45. The van der Waals surface area contributed by atoms with Crippen molar-refractivity contribution in [3.05, 3.63) is 48.6 Å². The van der Waals surface area contributed by atoms with Crippen LogP contribution in [0.1, 0.15) is 264 Å². The molecular weight excluding hydrogens is 852 g/mol. The average Bonchev–Trinajstić information content (AvgIpc) is 3.29. The molecule has 0 bridgehead atoms. The molecule has 67 heavy (non-hydrogen) atoms. The fourth-order valence-electron chi connectivity index (χ4n) is 8.25. The second kappa shape index (κ2) is 49.4. The minimum atomic E-state index is -4.36. The number of rotatable bonds is 52. The Kier molecular flexibility index (Phi) is 48.3. The largest absolute Gasteiger partial charge is 0.472 e. The highest BCUT2D eigenvalue weighted by Crippen LogP contribution is 2.43. The molecule has 0 aromatic carbocycles. The lowest BCUT2D eigenvalue weighted by molar-refractivity contribution is -0.870. The van der Waals surface area contributed by atoms with Crippen molar-refractivity contribution >= 4 is 13.7 Å². The number of amides is 1. The van der Waals surface area contributed by atoms with E-state index in [4.69, 9.17) is 9.05 Å². The van der Waals surface area contributed by atoms with E-state index in [2.05, 4.69) is 55.6 Å². The molecular formula is C58H112N2O6P+. The second-order valence-corrected chi connectivity index (χ2v) is 22.1. The summed E-state index contributed by atoms with van der Waals surface area (Å²) in [4.78, 5) is 23.3. The second-order valence-electron chi connectivity index (χ2n) is 20.6. The first-order valence-electron chi connectivity index (χ1n) is 28.5. The van der Waals surface area contributed by atoms with Gasteiger partial charge in [-0.25, -0.2) is 4.57 Å². The molecule has 8 nitrogen and oxygen atoms in total. The van der Waals surface area contributed by atoms with Gasteiger partial charge in [0, 0.05) is 6.42 Å². The van der Waals surface area contributed by atoms with Gasteiger partial charge in [-0.1, -0.05) is 236 Å². The van der Waals surface area contributed by atoms with Crippen molar-refractivity contribution in [2.45, 2.75) is 276 Å². The van der Waals surface area contributed by atoms with Crippen LogP contribution >= 0.6 is 7.82 Å². The van der Waals surface area contributed by atoms with Crippen molar-refractivity contribution in [1.82, 2.24) is 5.32 Å². The number of allylic oxidation sites excluding steroid dienone is 7. The summed E-state index contributed by atoms with van der Waals surface area (Å²) in [5.74, 6) is -0.194. The number of carbonyl (C=O) groups excluding carboxylic acids is 1. The van der Waals surface area contributed by atoms with Gasteiger partial charge in [-0.15, -0.1) is 0 Å². The van der Waals surface area contributed by atoms with E-state index in [0.717, 1.165) is 44.9 Å². The Balaban J connectivity index is 4.31. The number of hydrogen-bond acceptors (Lipinski definition) is 5. The molecule has 0 aliphatic heterocycles. The maximum absolute atomic E-state index is 13.0. The first kappa shape index (κ1) is 65.5. The first-order valence-corrected chi connectivity index (χ1v) is 30.0. The Morgan fingerprint density at radius 1 is 0.493 bits per heavy atom. The molecule has 394 valence electrons. The average molecular weight is 965 g/mol. The molecule has 3 N–H and O–H groups in total. The highest BCUT2D eigenvalue weighted by Gasteiger charge is 2.27. The first-order chi connectivity index (χ1) is 32.5. The van der Waals surface area contributed by atoms with Gasteiger partial charge in [-0.3, -0.25) is 13.8 Å². The van der Waals surface area contributed by atoms with Gasteiger partial charge in [0.15, 0.2) is 0 Å². The van der Waals surface area contributed by atoms with Crippen LogP contribution in [0.2, 0.25) is 0 Å². The minimum Gasteiger partial charge on any atom is -0.387 e. The summed E-state index contributed by atoms with van der Waals surface area (Å²) in [5, 5.41) is 13.9. The van der Waals surface area contributed by atoms with Gasteiger partial charge in [-0.05, 0) is 70.6 Å². The van der Waals surface area contributed by atoms with Gasteiger partial charge in [0.1, 0.15) is 13.2 Å². The Hall–Kier alpha value is -1.54. The van der Waals surface area contributed by atoms with Crippen LogP contribution in [0.5, 0.6) is 0 Å². The van der Waals surface area contributed by atoms with Crippen molar-refractivity contribution in [2.24, 2.45) is 0 Å². The predicted molar refractivity (Wildman–Crippen MR) is 291 cm³/mol. The zero-order valence-electron chi connectivity index (χ0n) is 44.9. The Bertz CT molecular complexity index is 1230. The third-order valence-electron chi connectivity index (χ3n) is 12.7. The fraction of sp³-hybridized carbons (Fsp3) is 0.845. The maximum atomic E-state index is 13.0. The summed E-state index contributed by atoms with van der Waals surface area (Å²) in [6.07, 6.45) is 65.0. The van der Waals surface area contributed by atoms with Crippen LogP contribution in [0.25, 0.3) is 0 Å². The molecule has 9 heteroatoms. The molecule has 0 aromatic heterocycles. The fourth-order valence-corrected chi connectivity index (χ4v) is 8.98. The Labute approximate surface area is 416 Å². The van der Waals surface area contributed by atoms with Gasteiger partial charge in [0.25, 0.3) is 0 Å². The van der Waals surface area contributed by atoms with Crippen molar-refractivity contribution in [2.75, 3.05) is 40.9 Å². The molecule has 0 aliphatic rings. The summed E-state index contributed by atoms with van der Waals surface area (Å²) < 4.78 is 23.7. The predicted octanol–water partition coefficient (Wildman–Crippen LogP) is 17.2. The molecule has 0 saturated heterocycles. The van der Waals surface area contributed by atoms with E-state index in [1.54, 1.807) is 6.08 Å². The number of hydrogen-bond donors (Lipinski definition) is 3. The molecule has 3 atom stereocenters. The van der Waals surface area contributed by atoms with Crippen LogP contribution < -0.4 is 5.32 Å². The third kappa shape index (κ3) is 52.1. The minimum absolute atomic E-state index is 0.0522. The summed E-state index contributed by atoms with van der Waals surface area (Å²) in [7, 11) is 1.55. The van der Waals surface area contributed by atoms with Gasteiger partial charge >= 0.3 is 7.82 Å². The normalized spacial score (nSPS) is 14.3. The molecule has 3 unspecified atom stereocenters. The van der Waals surface area contributed by atoms with E-state index in [9.17, 15) is 19.4 Å². The molecule has 0 radical (unpaired) electrons. The van der Waals surface area contributed by atoms with Crippen molar-refractivity contribution in [3.63, 3.8) is 0 Å². The smallest absolute Gasteiger partial charge is 0.387 e. The lowest BCUT2D eigenvalue weighted by atomic mass is 10.0. The number of phosphoric acid groups is 1. The van der Waals surface area contributed by atoms with Crippen LogP contribution in [-0.4, -0.2) is 73.4 Å². The molecule has 1 amide bonds. The summed E-state index contributed by atoms with van der Waals surface area (Å²) in [6, 6.07) is -0.873. The number of unbranched alkanes of at least 4 members (excludes halogenated alkanes) is 33. The number of nitrogens with one attached hydrogen (secondary N) is 1. The Morgan fingerprint density at radius 3 is 1.19 bits per heavy atom. The number of nitrogens with zero attached hydrogens (tertiary/aromatic N) is 1. The Morgan fingerprint density at radius 2 is 0.821 bits per heavy atom. The van der Waals surface area contributed by atoms with Crippen molar-refractivity contribution < 1.29 is 32.9 Å².